The van der Waals surface area contributed by atoms with Crippen molar-refractivity contribution in [3.8, 4) is 39.1 Å². The molecule has 70 heavy (non-hydrogen) atoms. The highest BCUT2D eigenvalue weighted by atomic mass is 15.2. The third kappa shape index (κ3) is 6.89. The quantitative estimate of drug-likeness (QED) is 0.143. The number of rotatable bonds is 9. The van der Waals surface area contributed by atoms with E-state index in [4.69, 9.17) is 0 Å². The molecule has 332 valence electrons. The molecule has 0 unspecified atom stereocenters. The Kier molecular flexibility index (Phi) is 8.85. The van der Waals surface area contributed by atoms with E-state index in [0.717, 1.165) is 78.2 Å². The van der Waals surface area contributed by atoms with Crippen molar-refractivity contribution < 1.29 is 5.48 Å². The van der Waals surface area contributed by atoms with Gasteiger partial charge in [-0.05, 0) is 141 Å². The van der Waals surface area contributed by atoms with Crippen LogP contribution in [0, 0.1) is 0 Å². The van der Waals surface area contributed by atoms with Crippen LogP contribution in [0.15, 0.2) is 261 Å². The Labute approximate surface area is 415 Å². The zero-order valence-electron chi connectivity index (χ0n) is 42.9. The largest absolute Gasteiger partial charge is 0.310 e. The highest BCUT2D eigenvalue weighted by Gasteiger charge is 2.35. The summed E-state index contributed by atoms with van der Waals surface area (Å²) in [5.41, 5.74) is 15.6. The number of hydrogen-bond acceptors (Lipinski definition) is 2. The molecule has 0 bridgehead atoms. The Hall–Kier alpha value is -8.92. The van der Waals surface area contributed by atoms with E-state index in [1.54, 1.807) is 0 Å². The van der Waals surface area contributed by atoms with Crippen molar-refractivity contribution >= 4 is 66.7 Å². The molecule has 0 amide bonds. The van der Waals surface area contributed by atoms with E-state index in [1.165, 1.54) is 21.9 Å². The summed E-state index contributed by atoms with van der Waals surface area (Å²) in [4.78, 5) is 4.22. The maximum absolute atomic E-state index is 9.67. The zero-order valence-corrected chi connectivity index (χ0v) is 38.9. The van der Waals surface area contributed by atoms with Gasteiger partial charge in [-0.1, -0.05) is 184 Å². The number of benzene rings is 11. The van der Waals surface area contributed by atoms with Gasteiger partial charge in [0, 0.05) is 55.9 Å². The van der Waals surface area contributed by atoms with Crippen molar-refractivity contribution in [1.29, 1.82) is 0 Å². The molecule has 1 aromatic heterocycles. The minimum absolute atomic E-state index is 0.0983. The van der Waals surface area contributed by atoms with E-state index in [-0.39, 0.29) is 40.8 Å². The average Bonchev–Trinajstić information content (AvgIpc) is 3.90. The molecule has 0 N–H and O–H groups in total. The highest BCUT2D eigenvalue weighted by molar-refractivity contribution is 6.10. The number of fused-ring (bicyclic) bond motifs is 7. The topological polar surface area (TPSA) is 11.4 Å². The Morgan fingerprint density at radius 3 is 1.76 bits per heavy atom. The summed E-state index contributed by atoms with van der Waals surface area (Å²) in [6, 6.07) is 81.4. The molecule has 1 heterocycles. The number of nitrogens with zero attached hydrogens (tertiary/aromatic N) is 3. The van der Waals surface area contributed by atoms with Crippen LogP contribution in [-0.2, 0) is 5.41 Å². The number of aromatic nitrogens is 1. The summed E-state index contributed by atoms with van der Waals surface area (Å²) in [6.45, 7) is 4.47. The number of anilines is 6. The lowest BCUT2D eigenvalue weighted by atomic mass is 9.82. The molecule has 1 aliphatic rings. The molecule has 13 rings (SSSR count). The van der Waals surface area contributed by atoms with Crippen LogP contribution in [0.2, 0.25) is 0 Å². The predicted octanol–water partition coefficient (Wildman–Crippen LogP) is 18.5. The summed E-state index contributed by atoms with van der Waals surface area (Å²) < 4.78 is 40.9. The molecule has 3 heteroatoms. The van der Waals surface area contributed by atoms with Crippen molar-refractivity contribution in [2.45, 2.75) is 19.3 Å². The van der Waals surface area contributed by atoms with Gasteiger partial charge < -0.3 is 14.4 Å². The molecule has 0 spiro atoms. The molecular formula is C67H49N3. The molecule has 3 nitrogen and oxygen atoms in total. The summed E-state index contributed by atoms with van der Waals surface area (Å²) >= 11 is 0. The van der Waals surface area contributed by atoms with Crippen LogP contribution in [-0.4, -0.2) is 4.57 Å². The van der Waals surface area contributed by atoms with Gasteiger partial charge in [-0.2, -0.15) is 0 Å². The minimum atomic E-state index is -0.274. The fraction of sp³-hybridized carbons (Fsp3) is 0.0448. The Bertz CT molecular complexity index is 4140. The average molecular weight is 900 g/mol. The fourth-order valence-electron chi connectivity index (χ4n) is 10.8. The van der Waals surface area contributed by atoms with E-state index in [0.29, 0.717) is 5.56 Å². The Balaban J connectivity index is 0.933. The van der Waals surface area contributed by atoms with Crippen molar-refractivity contribution in [3.63, 3.8) is 0 Å². The van der Waals surface area contributed by atoms with Gasteiger partial charge in [0.05, 0.1) is 22.2 Å². The van der Waals surface area contributed by atoms with Crippen LogP contribution in [0.5, 0.6) is 0 Å². The maximum Gasteiger partial charge on any atom is 0.0645 e. The van der Waals surface area contributed by atoms with Gasteiger partial charge in [0.15, 0.2) is 0 Å². The van der Waals surface area contributed by atoms with Crippen molar-refractivity contribution in [2.75, 3.05) is 9.80 Å². The van der Waals surface area contributed by atoms with Crippen molar-refractivity contribution in [3.05, 3.63) is 272 Å². The molecule has 0 aliphatic heterocycles. The van der Waals surface area contributed by atoms with Gasteiger partial charge in [0.25, 0.3) is 0 Å². The van der Waals surface area contributed by atoms with Gasteiger partial charge >= 0.3 is 0 Å². The van der Waals surface area contributed by atoms with Crippen LogP contribution in [0.4, 0.5) is 34.1 Å². The van der Waals surface area contributed by atoms with Crippen molar-refractivity contribution in [1.82, 2.24) is 4.57 Å². The molecule has 0 atom stereocenters. The smallest absolute Gasteiger partial charge is 0.0645 e. The lowest BCUT2D eigenvalue weighted by molar-refractivity contribution is 0.660. The first kappa shape index (κ1) is 37.1. The summed E-state index contributed by atoms with van der Waals surface area (Å²) in [6.07, 6.45) is 0. The molecule has 1 aliphatic carbocycles. The predicted molar refractivity (Wildman–Crippen MR) is 296 cm³/mol. The second kappa shape index (κ2) is 16.7. The van der Waals surface area contributed by atoms with E-state index in [1.807, 2.05) is 65.6 Å². The zero-order chi connectivity index (χ0) is 50.2. The molecule has 12 aromatic rings. The first-order valence-electron chi connectivity index (χ1n) is 25.9. The minimum Gasteiger partial charge on any atom is -0.310 e. The fourth-order valence-corrected chi connectivity index (χ4v) is 10.8. The van der Waals surface area contributed by atoms with E-state index in [2.05, 4.69) is 199 Å². The number of para-hydroxylation sites is 4. The van der Waals surface area contributed by atoms with Crippen LogP contribution < -0.4 is 9.80 Å². The lowest BCUT2D eigenvalue weighted by Crippen LogP contribution is -2.16. The third-order valence-electron chi connectivity index (χ3n) is 14.2. The molecule has 0 fully saturated rings. The van der Waals surface area contributed by atoms with E-state index in [9.17, 15) is 5.48 Å². The number of hydrogen-bond donors (Lipinski definition) is 0. The summed E-state index contributed by atoms with van der Waals surface area (Å²) in [7, 11) is 0. The molecule has 0 saturated carbocycles. The van der Waals surface area contributed by atoms with Gasteiger partial charge in [-0.3, -0.25) is 0 Å². The second-order valence-electron chi connectivity index (χ2n) is 18.6. The van der Waals surface area contributed by atoms with Crippen LogP contribution in [0.3, 0.4) is 0 Å². The molecular weight excluding hydrogens is 847 g/mol. The summed E-state index contributed by atoms with van der Waals surface area (Å²) in [5.74, 6) is 0. The monoisotopic (exact) mass is 899 g/mol. The summed E-state index contributed by atoms with van der Waals surface area (Å²) in [5, 5.41) is 4.24. The second-order valence-corrected chi connectivity index (χ2v) is 18.6. The van der Waals surface area contributed by atoms with Crippen molar-refractivity contribution in [2.24, 2.45) is 0 Å². The Morgan fingerprint density at radius 1 is 0.357 bits per heavy atom. The van der Waals surface area contributed by atoms with Gasteiger partial charge in [0.1, 0.15) is 0 Å². The first-order chi connectivity index (χ1) is 36.2. The van der Waals surface area contributed by atoms with Gasteiger partial charge in [-0.15, -0.1) is 0 Å². The van der Waals surface area contributed by atoms with Gasteiger partial charge in [-0.25, -0.2) is 0 Å². The van der Waals surface area contributed by atoms with Crippen LogP contribution in [0.1, 0.15) is 30.5 Å². The highest BCUT2D eigenvalue weighted by Crippen LogP contribution is 2.51. The van der Waals surface area contributed by atoms with Crippen LogP contribution in [0.25, 0.3) is 71.6 Å². The normalized spacial score (nSPS) is 13.3. The standard InChI is InChI=1S/C67H49N3/c1-67(2)62-27-15-12-25-58(62)59-40-38-55(44-63(59)67)68(51-20-8-4-9-21-51)53-35-32-46(33-36-53)48-30-31-50-43-54(37-34-49(50)42-48)69(64-28-16-13-24-57(64)47-18-6-3-7-19-47)56-39-41-61-60-26-14-17-29-65(60)70(66(61)45-56)52-22-10-5-11-23-52/h3-45H,1-2H3/i32D,33D,35D,36D. The van der Waals surface area contributed by atoms with E-state index >= 15 is 0 Å². The van der Waals surface area contributed by atoms with Gasteiger partial charge in [0.2, 0.25) is 0 Å². The third-order valence-corrected chi connectivity index (χ3v) is 14.2. The SMILES string of the molecule is [2H]c1c([2H])c(N(c2ccccc2)c2ccc3c(c2)C(C)(C)c2ccccc2-3)c([2H])c([2H])c1-c1ccc2cc(N(c3ccc4c5ccccc5n(-c5ccccc5)c4c3)c3ccccc3-c3ccccc3)ccc2c1. The van der Waals surface area contributed by atoms with Crippen LogP contribution >= 0.6 is 0 Å². The molecule has 0 radical (unpaired) electrons. The molecule has 0 saturated heterocycles. The maximum atomic E-state index is 9.67. The molecule has 11 aromatic carbocycles. The first-order valence-corrected chi connectivity index (χ1v) is 23.9. The Morgan fingerprint density at radius 2 is 0.943 bits per heavy atom. The lowest BCUT2D eigenvalue weighted by Gasteiger charge is -2.28. The van der Waals surface area contributed by atoms with E-state index < -0.39 is 0 Å².